The Labute approximate surface area is 552 Å². The second-order valence-electron chi connectivity index (χ2n) is 24.5. The van der Waals surface area contributed by atoms with Crippen LogP contribution in [0.3, 0.4) is 0 Å². The summed E-state index contributed by atoms with van der Waals surface area (Å²) < 4.78 is 72.0. The van der Waals surface area contributed by atoms with Gasteiger partial charge in [0, 0.05) is 90.0 Å². The maximum absolute atomic E-state index is 15.1. The van der Waals surface area contributed by atoms with Crippen molar-refractivity contribution in [2.24, 2.45) is 5.73 Å². The van der Waals surface area contributed by atoms with E-state index in [9.17, 15) is 32.2 Å². The number of fused-ring (bicyclic) bond motifs is 2. The third-order valence-electron chi connectivity index (χ3n) is 16.6. The van der Waals surface area contributed by atoms with Crippen LogP contribution in [0.25, 0.3) is 22.5 Å². The average molecular weight is 1320 g/mol. The molecular formula is C71H78F4N14O5S. The van der Waals surface area contributed by atoms with Crippen molar-refractivity contribution < 1.29 is 40.9 Å². The molecule has 0 radical (unpaired) electrons. The highest BCUT2D eigenvalue weighted by Gasteiger charge is 2.37. The van der Waals surface area contributed by atoms with Gasteiger partial charge >= 0.3 is 12.1 Å². The molecule has 2 saturated heterocycles. The molecule has 0 spiro atoms. The van der Waals surface area contributed by atoms with Crippen molar-refractivity contribution in [3.05, 3.63) is 201 Å². The molecular weight excluding hydrogens is 1240 g/mol. The quantitative estimate of drug-likeness (QED) is 0.0414. The van der Waals surface area contributed by atoms with E-state index in [0.29, 0.717) is 50.8 Å². The minimum absolute atomic E-state index is 0.0332. The van der Waals surface area contributed by atoms with Crippen LogP contribution in [-0.2, 0) is 37.0 Å². The molecule has 1 unspecified atom stereocenters. The standard InChI is InChI=1S/C35H37F2N7O2.C24H23F2N5O3S.C12H18N2/c1-21(2)39-33(45)24-13-12-22(3)26(18-24)30-27-19-38-35(46)44(31-28(36)10-7-11-29(31)37)32(27)42-34(41-30)40-25-14-16-43(17-15-25)20-23-8-5-4-6-9-23;1-12(2)28-22(32)14-9-8-13(3)15(10-14)19-16-11-27-24(33)31(20-17(25)6-5-7-18(20)26)21(16)30-23(29-19)35(4)34;13-12-6-8-14(9-7-12)10-11-4-2-1-3-5-11/h4-13,18,21,25H,14-17,19-20H2,1-3H3,(H,38,46)(H,39,45)(H,40,41,42);5-10,12H,11H2,1-4H3,(H,27,33)(H,28,32);1-5,12H,6-10,13H2. The van der Waals surface area contributed by atoms with Gasteiger partial charge in [0.2, 0.25) is 11.1 Å². The lowest BCUT2D eigenvalue weighted by atomic mass is 9.97. The van der Waals surface area contributed by atoms with E-state index in [2.05, 4.69) is 88.8 Å². The largest absolute Gasteiger partial charge is 0.351 e. The lowest BCUT2D eigenvalue weighted by Gasteiger charge is -2.34. The molecule has 8 aromatic rings. The number of aromatic nitrogens is 4. The number of carbonyl (C=O) groups excluding carboxylic acids is 4. The van der Waals surface area contributed by atoms with Crippen LogP contribution >= 0.6 is 0 Å². The second-order valence-corrected chi connectivity index (χ2v) is 25.8. The van der Waals surface area contributed by atoms with E-state index in [0.717, 1.165) is 110 Å². The summed E-state index contributed by atoms with van der Waals surface area (Å²) in [5.74, 6) is -3.99. The lowest BCUT2D eigenvalue weighted by molar-refractivity contribution is 0.0934. The summed E-state index contributed by atoms with van der Waals surface area (Å²) in [5, 5.41) is 14.4. The third kappa shape index (κ3) is 16.5. The Morgan fingerprint density at radius 2 is 0.979 bits per heavy atom. The Kier molecular flexibility index (Phi) is 22.1. The number of nitrogens with zero attached hydrogens (tertiary/aromatic N) is 8. The van der Waals surface area contributed by atoms with E-state index in [1.807, 2.05) is 65.8 Å². The highest BCUT2D eigenvalue weighted by Crippen LogP contribution is 2.42. The maximum Gasteiger partial charge on any atom is 0.328 e. The second kappa shape index (κ2) is 30.7. The number of benzene rings is 6. The topological polar surface area (TPSA) is 236 Å². The van der Waals surface area contributed by atoms with Crippen LogP contribution in [0.2, 0.25) is 0 Å². The number of hydrogen-bond acceptors (Lipinski definition) is 13. The van der Waals surface area contributed by atoms with Crippen LogP contribution in [0.4, 0.5) is 56.1 Å². The summed E-state index contributed by atoms with van der Waals surface area (Å²) >= 11 is 0. The number of rotatable bonds is 15. The number of nitrogens with one attached hydrogen (secondary N) is 5. The van der Waals surface area contributed by atoms with Crippen LogP contribution < -0.4 is 42.1 Å². The number of likely N-dealkylation sites (tertiary alicyclic amines) is 2. The molecule has 6 heterocycles. The van der Waals surface area contributed by atoms with E-state index < -0.39 is 57.5 Å². The number of amides is 6. The molecule has 4 aliphatic heterocycles. The Morgan fingerprint density at radius 1 is 0.568 bits per heavy atom. The normalized spacial score (nSPS) is 15.5. The van der Waals surface area contributed by atoms with Gasteiger partial charge in [0.05, 0.1) is 35.3 Å². The molecule has 2 aromatic heterocycles. The first-order valence-corrected chi connectivity index (χ1v) is 33.2. The molecule has 19 nitrogen and oxygen atoms in total. The zero-order chi connectivity index (χ0) is 67.6. The fourth-order valence-corrected chi connectivity index (χ4v) is 12.1. The monoisotopic (exact) mass is 1310 g/mol. The Bertz CT molecular complexity index is 4090. The van der Waals surface area contributed by atoms with Gasteiger partial charge in [0.1, 0.15) is 34.6 Å². The smallest absolute Gasteiger partial charge is 0.328 e. The molecule has 496 valence electrons. The molecule has 6 aromatic carbocycles. The minimum Gasteiger partial charge on any atom is -0.351 e. The van der Waals surface area contributed by atoms with Crippen LogP contribution in [0.1, 0.15) is 107 Å². The average Bonchev–Trinajstić information content (AvgIpc) is 0.755. The SMILES string of the molecule is Cc1ccc(C(=O)NC(C)C)cc1-c1nc(NC2CCN(Cc3ccccc3)CC2)nc2c1CNC(=O)N2c1c(F)cccc1F.Cc1ccc(C(=O)NC(C)C)cc1-c1nc(S(C)=O)nc2c1CNC(=O)N2c1c(F)cccc1F.NC1CCN(Cc2ccccc2)CC1. The number of nitrogens with two attached hydrogens (primary N) is 1. The number of urea groups is 2. The predicted molar refractivity (Wildman–Crippen MR) is 361 cm³/mol. The van der Waals surface area contributed by atoms with Crippen molar-refractivity contribution >= 4 is 63.6 Å². The van der Waals surface area contributed by atoms with Crippen molar-refractivity contribution in [1.82, 2.24) is 51.0 Å². The fourth-order valence-electron chi connectivity index (χ4n) is 11.7. The molecule has 4 aliphatic rings. The van der Waals surface area contributed by atoms with Gasteiger partial charge in [-0.05, 0) is 151 Å². The van der Waals surface area contributed by atoms with Gasteiger partial charge < -0.3 is 32.3 Å². The Balaban J connectivity index is 0.000000176. The number of anilines is 5. The van der Waals surface area contributed by atoms with Crippen LogP contribution in [0.15, 0.2) is 139 Å². The summed E-state index contributed by atoms with van der Waals surface area (Å²) in [6, 6.07) is 36.9. The van der Waals surface area contributed by atoms with Gasteiger partial charge in [-0.2, -0.15) is 4.98 Å². The van der Waals surface area contributed by atoms with Crippen molar-refractivity contribution in [2.45, 2.75) is 123 Å². The highest BCUT2D eigenvalue weighted by atomic mass is 32.2. The van der Waals surface area contributed by atoms with Gasteiger partial charge in [0.25, 0.3) is 11.8 Å². The van der Waals surface area contributed by atoms with Crippen molar-refractivity contribution in [3.63, 3.8) is 0 Å². The molecule has 1 atom stereocenters. The van der Waals surface area contributed by atoms with E-state index >= 15 is 8.78 Å². The first-order valence-electron chi connectivity index (χ1n) is 31.7. The van der Waals surface area contributed by atoms with Gasteiger partial charge in [-0.1, -0.05) is 84.9 Å². The van der Waals surface area contributed by atoms with Crippen molar-refractivity contribution in [3.8, 4) is 22.5 Å². The van der Waals surface area contributed by atoms with Gasteiger partial charge in [-0.3, -0.25) is 23.6 Å². The Hall–Kier alpha value is -9.49. The Morgan fingerprint density at radius 3 is 1.40 bits per heavy atom. The van der Waals surface area contributed by atoms with Gasteiger partial charge in [-0.15, -0.1) is 0 Å². The fraction of sp³-hybridized carbons (Fsp3) is 0.324. The first kappa shape index (κ1) is 68.4. The maximum atomic E-state index is 15.1. The molecule has 6 amide bonds. The van der Waals surface area contributed by atoms with Gasteiger partial charge in [0.15, 0.2) is 11.6 Å². The summed E-state index contributed by atoms with van der Waals surface area (Å²) in [6.07, 6.45) is 5.32. The number of carbonyl (C=O) groups is 4. The molecule has 0 bridgehead atoms. The molecule has 0 aliphatic carbocycles. The molecule has 12 rings (SSSR count). The van der Waals surface area contributed by atoms with Gasteiger partial charge in [-0.25, -0.2) is 51.9 Å². The van der Waals surface area contributed by atoms with E-state index in [1.54, 1.807) is 30.3 Å². The third-order valence-corrected chi connectivity index (χ3v) is 17.3. The van der Waals surface area contributed by atoms with Crippen LogP contribution in [0, 0.1) is 37.1 Å². The van der Waals surface area contributed by atoms with Crippen LogP contribution in [-0.4, -0.2) is 114 Å². The zero-order valence-electron chi connectivity index (χ0n) is 54.1. The highest BCUT2D eigenvalue weighted by molar-refractivity contribution is 7.84. The van der Waals surface area contributed by atoms with Crippen molar-refractivity contribution in [2.75, 3.05) is 47.6 Å². The van der Waals surface area contributed by atoms with E-state index in [-0.39, 0.29) is 65.8 Å². The number of hydrogen-bond donors (Lipinski definition) is 6. The summed E-state index contributed by atoms with van der Waals surface area (Å²) in [6.45, 7) is 17.2. The minimum atomic E-state index is -1.68. The molecule has 24 heteroatoms. The molecule has 95 heavy (non-hydrogen) atoms. The first-order chi connectivity index (χ1) is 45.6. The van der Waals surface area contributed by atoms with E-state index in [4.69, 9.17) is 15.7 Å². The molecule has 7 N–H and O–H groups in total. The zero-order valence-corrected chi connectivity index (χ0v) is 54.9. The number of halogens is 4. The van der Waals surface area contributed by atoms with Crippen LogP contribution in [0.5, 0.6) is 0 Å². The number of piperidine rings is 2. The summed E-state index contributed by atoms with van der Waals surface area (Å²) in [5.41, 5.74) is 12.6. The lowest BCUT2D eigenvalue weighted by Crippen LogP contribution is -2.43. The number of para-hydroxylation sites is 2. The summed E-state index contributed by atoms with van der Waals surface area (Å²) in [7, 11) is -1.68. The van der Waals surface area contributed by atoms with Crippen molar-refractivity contribution in [1.29, 1.82) is 0 Å². The van der Waals surface area contributed by atoms with E-state index in [1.165, 1.54) is 29.5 Å². The summed E-state index contributed by atoms with van der Waals surface area (Å²) in [4.78, 5) is 76.6. The predicted octanol–water partition coefficient (Wildman–Crippen LogP) is 11.9. The number of aryl methyl sites for hydroxylation is 2. The molecule has 2 fully saturated rings. The molecule has 0 saturated carbocycles.